The summed E-state index contributed by atoms with van der Waals surface area (Å²) < 4.78 is 0. The Morgan fingerprint density at radius 2 is 0.333 bits per heavy atom. The molecule has 1 radical (unpaired) electrons. The van der Waals surface area contributed by atoms with E-state index in [9.17, 15) is 0 Å². The molecule has 0 bridgehead atoms. The first-order valence-corrected chi connectivity index (χ1v) is 0. The van der Waals surface area contributed by atoms with Crippen LogP contribution in [-0.4, -0.2) is 0 Å². The molecule has 43 valence electrons. The molecular weight excluding hydrogens is 420 g/mol. The van der Waals surface area contributed by atoms with Gasteiger partial charge in [-0.25, -0.2) is 0 Å². The summed E-state index contributed by atoms with van der Waals surface area (Å²) in [5, 5.41) is 0. The Morgan fingerprint density at radius 1 is 0.333 bits per heavy atom. The first-order chi connectivity index (χ1) is 0. The van der Waals surface area contributed by atoms with E-state index in [1.807, 2.05) is 0 Å². The summed E-state index contributed by atoms with van der Waals surface area (Å²) >= 11 is 0. The zero-order valence-corrected chi connectivity index (χ0v) is 11.6. The topological polar surface area (TPSA) is 0 Å². The quantitative estimate of drug-likeness (QED) is 0.484. The van der Waals surface area contributed by atoms with E-state index >= 15 is 0 Å². The van der Waals surface area contributed by atoms with E-state index in [4.69, 9.17) is 0 Å². The van der Waals surface area contributed by atoms with Crippen molar-refractivity contribution in [2.75, 3.05) is 0 Å². The molecule has 0 N–H and O–H groups in total. The summed E-state index contributed by atoms with van der Waals surface area (Å²) in [5.41, 5.74) is 0. The standard InChI is InChI=1S/5Fe.Pr. The fourth-order valence-corrected chi connectivity index (χ4v) is 0. The van der Waals surface area contributed by atoms with Crippen LogP contribution in [0.3, 0.4) is 0 Å². The molecule has 0 aliphatic rings. The smallest absolute Gasteiger partial charge is 0 e. The van der Waals surface area contributed by atoms with Gasteiger partial charge in [-0.05, 0) is 0 Å². The molecule has 0 aromatic heterocycles. The maximum Gasteiger partial charge on any atom is 0 e. The summed E-state index contributed by atoms with van der Waals surface area (Å²) in [6.07, 6.45) is 0. The zero-order chi connectivity index (χ0) is 0. The van der Waals surface area contributed by atoms with Crippen LogP contribution >= 0.6 is 0 Å². The van der Waals surface area contributed by atoms with Gasteiger partial charge in [-0.1, -0.05) is 0 Å². The molecule has 0 heterocycles. The molecule has 6 heavy (non-hydrogen) atoms. The summed E-state index contributed by atoms with van der Waals surface area (Å²) in [7, 11) is 0. The Hall–Kier alpha value is 3.96. The van der Waals surface area contributed by atoms with Crippen LogP contribution in [0.1, 0.15) is 0 Å². The van der Waals surface area contributed by atoms with E-state index in [1.165, 1.54) is 0 Å². The number of hydrogen-bond donors (Lipinski definition) is 0. The minimum atomic E-state index is 0. The van der Waals surface area contributed by atoms with Crippen molar-refractivity contribution in [3.63, 3.8) is 0 Å². The molecule has 0 aromatic rings. The van der Waals surface area contributed by atoms with E-state index in [-0.39, 0.29) is 127 Å². The minimum Gasteiger partial charge on any atom is 0 e. The van der Waals surface area contributed by atoms with Crippen LogP contribution in [0.25, 0.3) is 0 Å². The fourth-order valence-electron chi connectivity index (χ4n) is 0. The predicted molar refractivity (Wildman–Crippen MR) is 0 cm³/mol. The second kappa shape index (κ2) is 36.2. The Labute approximate surface area is 124 Å². The molecular formula is Fe5Pr. The van der Waals surface area contributed by atoms with Crippen LogP contribution in [0.15, 0.2) is 0 Å². The van der Waals surface area contributed by atoms with Crippen molar-refractivity contribution in [1.82, 2.24) is 0 Å². The Kier molecular flexibility index (Phi) is 308. The maximum absolute atomic E-state index is 0. The summed E-state index contributed by atoms with van der Waals surface area (Å²) in [6, 6.07) is 0. The van der Waals surface area contributed by atoms with Gasteiger partial charge in [-0.3, -0.25) is 0 Å². The average Bonchev–Trinajstić information content (AvgIpc) is 0. The van der Waals surface area contributed by atoms with Crippen molar-refractivity contribution in [2.45, 2.75) is 0 Å². The Balaban J connectivity index is 0. The molecule has 0 aromatic carbocycles. The molecule has 0 nitrogen and oxygen atoms in total. The molecule has 0 amide bonds. The number of hydrogen-bond acceptors (Lipinski definition) is 0. The fraction of sp³-hybridized carbons (Fsp3) is 0. The second-order valence-electron chi connectivity index (χ2n) is 0. The van der Waals surface area contributed by atoms with Crippen LogP contribution in [0.5, 0.6) is 0 Å². The van der Waals surface area contributed by atoms with Crippen LogP contribution in [0, 0.1) is 41.3 Å². The molecule has 0 atom stereocenters. The molecule has 0 saturated carbocycles. The summed E-state index contributed by atoms with van der Waals surface area (Å²) in [5.74, 6) is 0. The van der Waals surface area contributed by atoms with Gasteiger partial charge in [0, 0.05) is 127 Å². The maximum atomic E-state index is 0. The van der Waals surface area contributed by atoms with Crippen molar-refractivity contribution >= 4 is 0 Å². The van der Waals surface area contributed by atoms with Gasteiger partial charge >= 0.3 is 0 Å². The van der Waals surface area contributed by atoms with Crippen molar-refractivity contribution in [3.05, 3.63) is 0 Å². The van der Waals surface area contributed by atoms with Gasteiger partial charge in [0.1, 0.15) is 0 Å². The van der Waals surface area contributed by atoms with Gasteiger partial charge in [0.2, 0.25) is 0 Å². The monoisotopic (exact) mass is 421 g/mol. The van der Waals surface area contributed by atoms with E-state index < -0.39 is 0 Å². The van der Waals surface area contributed by atoms with Crippen LogP contribution in [0.2, 0.25) is 0 Å². The van der Waals surface area contributed by atoms with E-state index in [2.05, 4.69) is 0 Å². The van der Waals surface area contributed by atoms with Gasteiger partial charge in [0.25, 0.3) is 0 Å². The van der Waals surface area contributed by atoms with Gasteiger partial charge in [-0.15, -0.1) is 0 Å². The normalized spacial score (nSPS) is 0. The van der Waals surface area contributed by atoms with Gasteiger partial charge in [0.05, 0.1) is 0 Å². The largest absolute Gasteiger partial charge is 0 e. The molecule has 0 fully saturated rings. The summed E-state index contributed by atoms with van der Waals surface area (Å²) in [4.78, 5) is 0. The Bertz CT molecular complexity index is 3.90. The molecule has 0 spiro atoms. The third-order valence-electron chi connectivity index (χ3n) is 0. The third kappa shape index (κ3) is 24.6. The molecule has 0 rings (SSSR count). The van der Waals surface area contributed by atoms with Crippen LogP contribution < -0.4 is 0 Å². The molecule has 0 aliphatic heterocycles. The van der Waals surface area contributed by atoms with Gasteiger partial charge in [-0.2, -0.15) is 0 Å². The molecule has 0 aliphatic carbocycles. The first-order valence-electron chi connectivity index (χ1n) is 0. The van der Waals surface area contributed by atoms with E-state index in [1.54, 1.807) is 0 Å². The van der Waals surface area contributed by atoms with Crippen LogP contribution in [0.4, 0.5) is 0 Å². The van der Waals surface area contributed by atoms with E-state index in [0.717, 1.165) is 0 Å². The minimum absolute atomic E-state index is 0. The van der Waals surface area contributed by atoms with Crippen molar-refractivity contribution in [2.24, 2.45) is 0 Å². The van der Waals surface area contributed by atoms with Crippen molar-refractivity contribution in [1.29, 1.82) is 0 Å². The first kappa shape index (κ1) is 51.0. The van der Waals surface area contributed by atoms with Gasteiger partial charge < -0.3 is 0 Å². The second-order valence-corrected chi connectivity index (χ2v) is 0. The Morgan fingerprint density at radius 3 is 0.333 bits per heavy atom. The number of rotatable bonds is 0. The van der Waals surface area contributed by atoms with Crippen molar-refractivity contribution < 1.29 is 127 Å². The molecule has 6 heteroatoms. The van der Waals surface area contributed by atoms with Crippen LogP contribution in [-0.2, 0) is 85.3 Å². The van der Waals surface area contributed by atoms with Crippen molar-refractivity contribution in [3.8, 4) is 0 Å². The van der Waals surface area contributed by atoms with Gasteiger partial charge in [0.15, 0.2) is 0 Å². The zero-order valence-electron chi connectivity index (χ0n) is 2.35. The predicted octanol–water partition coefficient (Wildman–Crippen LogP) is -0.0125. The molecule has 0 saturated heterocycles. The average molecular weight is 420 g/mol. The van der Waals surface area contributed by atoms with E-state index in [0.29, 0.717) is 0 Å². The molecule has 0 unspecified atom stereocenters. The third-order valence-corrected chi connectivity index (χ3v) is 0. The SMILES string of the molecule is [Fe].[Fe].[Fe].[Fe].[Fe].[Pr]. The summed E-state index contributed by atoms with van der Waals surface area (Å²) in [6.45, 7) is 0.